The van der Waals surface area contributed by atoms with Crippen molar-refractivity contribution in [1.29, 1.82) is 0 Å². The second-order valence-corrected chi connectivity index (χ2v) is 10.1. The van der Waals surface area contributed by atoms with Crippen molar-refractivity contribution in [3.05, 3.63) is 81.5 Å². The molecule has 2 atom stereocenters. The molecular weight excluding hydrogens is 526 g/mol. The number of fused-ring (bicyclic) bond motifs is 1. The van der Waals surface area contributed by atoms with Gasteiger partial charge < -0.3 is 4.90 Å². The molecule has 0 radical (unpaired) electrons. The molecule has 1 aromatic heterocycles. The highest BCUT2D eigenvalue weighted by Crippen LogP contribution is 2.41. The Balaban J connectivity index is 1.43. The maximum atomic E-state index is 13.9. The Labute approximate surface area is 222 Å². The summed E-state index contributed by atoms with van der Waals surface area (Å²) in [6, 6.07) is 15.0. The van der Waals surface area contributed by atoms with Crippen LogP contribution in [0.4, 0.5) is 19.0 Å². The zero-order valence-corrected chi connectivity index (χ0v) is 21.4. The number of hydrogen-bond donors (Lipinski definition) is 0. The van der Waals surface area contributed by atoms with E-state index in [1.807, 2.05) is 18.2 Å². The van der Waals surface area contributed by atoms with Crippen LogP contribution in [0.25, 0.3) is 0 Å². The summed E-state index contributed by atoms with van der Waals surface area (Å²) in [5, 5.41) is 4.38. The standard InChI is InChI=1S/C26H24Cl2F3N5O/c1-16-23(25(37)35-11-9-34(10-12-35)15-17-5-3-2-4-6-17)24(18-7-8-19(27)20(28)13-18)36-22(32-16)14-21(33-36)26(29,30)31/h2-8,13-14,23-24H,9-12,15H2,1H3. The first kappa shape index (κ1) is 25.8. The van der Waals surface area contributed by atoms with Gasteiger partial charge in [-0.3, -0.25) is 9.69 Å². The van der Waals surface area contributed by atoms with Crippen LogP contribution in [0.15, 0.2) is 59.6 Å². The zero-order valence-electron chi connectivity index (χ0n) is 19.9. The van der Waals surface area contributed by atoms with Crippen LogP contribution < -0.4 is 0 Å². The summed E-state index contributed by atoms with van der Waals surface area (Å²) in [5.41, 5.74) is 1.09. The number of carbonyl (C=O) groups is 1. The Hall–Kier alpha value is -2.88. The molecule has 0 saturated carbocycles. The highest BCUT2D eigenvalue weighted by Gasteiger charge is 2.43. The third-order valence-electron chi connectivity index (χ3n) is 6.81. The Morgan fingerprint density at radius 2 is 1.70 bits per heavy atom. The van der Waals surface area contributed by atoms with Crippen LogP contribution in [0.5, 0.6) is 0 Å². The summed E-state index contributed by atoms with van der Waals surface area (Å²) in [7, 11) is 0. The van der Waals surface area contributed by atoms with Gasteiger partial charge >= 0.3 is 6.18 Å². The highest BCUT2D eigenvalue weighted by molar-refractivity contribution is 6.42. The van der Waals surface area contributed by atoms with E-state index in [2.05, 4.69) is 27.1 Å². The van der Waals surface area contributed by atoms with E-state index in [-0.39, 0.29) is 16.7 Å². The molecule has 37 heavy (non-hydrogen) atoms. The number of nitrogens with zero attached hydrogens (tertiary/aromatic N) is 5. The minimum absolute atomic E-state index is 0.0395. The minimum atomic E-state index is -4.65. The van der Waals surface area contributed by atoms with Crippen molar-refractivity contribution >= 4 is 40.6 Å². The van der Waals surface area contributed by atoms with Gasteiger partial charge in [-0.15, -0.1) is 0 Å². The summed E-state index contributed by atoms with van der Waals surface area (Å²) in [5.74, 6) is -1.00. The van der Waals surface area contributed by atoms with Crippen molar-refractivity contribution in [2.45, 2.75) is 25.7 Å². The van der Waals surface area contributed by atoms with Crippen LogP contribution in [0, 0.1) is 5.92 Å². The fourth-order valence-corrected chi connectivity index (χ4v) is 5.25. The number of piperazine rings is 1. The van der Waals surface area contributed by atoms with Gasteiger partial charge in [-0.1, -0.05) is 59.6 Å². The Bertz CT molecular complexity index is 1330. The lowest BCUT2D eigenvalue weighted by molar-refractivity contribution is -0.141. The predicted molar refractivity (Wildman–Crippen MR) is 136 cm³/mol. The molecule has 2 aromatic carbocycles. The maximum absolute atomic E-state index is 13.9. The first-order valence-electron chi connectivity index (χ1n) is 11.8. The number of hydrogen-bond acceptors (Lipinski definition) is 4. The van der Waals surface area contributed by atoms with Crippen molar-refractivity contribution in [3.8, 4) is 0 Å². The summed E-state index contributed by atoms with van der Waals surface area (Å²) < 4.78 is 41.7. The number of carbonyl (C=O) groups excluding carboxylic acids is 1. The number of amides is 1. The van der Waals surface area contributed by atoms with Gasteiger partial charge in [-0.25, -0.2) is 9.67 Å². The molecule has 0 spiro atoms. The molecule has 1 saturated heterocycles. The smallest absolute Gasteiger partial charge is 0.339 e. The van der Waals surface area contributed by atoms with Gasteiger partial charge in [0.1, 0.15) is 5.92 Å². The van der Waals surface area contributed by atoms with Crippen LogP contribution in [0.2, 0.25) is 10.0 Å². The van der Waals surface area contributed by atoms with Gasteiger partial charge in [0.15, 0.2) is 11.5 Å². The molecule has 6 nitrogen and oxygen atoms in total. The molecule has 2 unspecified atom stereocenters. The quantitative estimate of drug-likeness (QED) is 0.409. The van der Waals surface area contributed by atoms with E-state index in [0.29, 0.717) is 42.5 Å². The summed E-state index contributed by atoms with van der Waals surface area (Å²) >= 11 is 12.4. The molecule has 2 aliphatic heterocycles. The summed E-state index contributed by atoms with van der Waals surface area (Å²) in [6.07, 6.45) is -4.65. The van der Waals surface area contributed by atoms with E-state index < -0.39 is 23.8 Å². The molecule has 3 heterocycles. The normalized spacial score (nSPS) is 20.5. The lowest BCUT2D eigenvalue weighted by atomic mass is 9.87. The molecule has 3 aromatic rings. The molecule has 0 bridgehead atoms. The molecule has 11 heteroatoms. The van der Waals surface area contributed by atoms with Gasteiger partial charge in [0.05, 0.1) is 16.1 Å². The number of halogens is 5. The van der Waals surface area contributed by atoms with E-state index in [1.54, 1.807) is 30.0 Å². The molecule has 1 amide bonds. The van der Waals surface area contributed by atoms with E-state index in [0.717, 1.165) is 12.6 Å². The average Bonchev–Trinajstić information content (AvgIpc) is 3.30. The first-order chi connectivity index (χ1) is 17.6. The van der Waals surface area contributed by atoms with E-state index in [4.69, 9.17) is 23.2 Å². The maximum Gasteiger partial charge on any atom is 0.435 e. The fraction of sp³-hybridized carbons (Fsp3) is 0.346. The highest BCUT2D eigenvalue weighted by atomic mass is 35.5. The predicted octanol–water partition coefficient (Wildman–Crippen LogP) is 5.86. The van der Waals surface area contributed by atoms with Crippen LogP contribution in [0.3, 0.4) is 0 Å². The second-order valence-electron chi connectivity index (χ2n) is 9.27. The molecule has 0 aliphatic carbocycles. The largest absolute Gasteiger partial charge is 0.435 e. The second kappa shape index (κ2) is 10.1. The Morgan fingerprint density at radius 1 is 1.00 bits per heavy atom. The molecule has 1 fully saturated rings. The number of benzene rings is 2. The van der Waals surface area contributed by atoms with Crippen LogP contribution in [0.1, 0.15) is 29.8 Å². The SMILES string of the molecule is CC1=Nc2cc(C(F)(F)F)nn2C(c2ccc(Cl)c(Cl)c2)C1C(=O)N1CCN(Cc2ccccc2)CC1. The first-order valence-corrected chi connectivity index (χ1v) is 12.6. The zero-order chi connectivity index (χ0) is 26.3. The molecule has 5 rings (SSSR count). The summed E-state index contributed by atoms with van der Waals surface area (Å²) in [6.45, 7) is 4.84. The minimum Gasteiger partial charge on any atom is -0.339 e. The molecule has 0 N–H and O–H groups in total. The van der Waals surface area contributed by atoms with E-state index in [9.17, 15) is 18.0 Å². The third kappa shape index (κ3) is 5.26. The van der Waals surface area contributed by atoms with Crippen molar-refractivity contribution in [1.82, 2.24) is 19.6 Å². The number of rotatable bonds is 4. The molecule has 2 aliphatic rings. The van der Waals surface area contributed by atoms with Gasteiger partial charge in [-0.05, 0) is 30.2 Å². The molecule has 194 valence electrons. The van der Waals surface area contributed by atoms with Gasteiger partial charge in [0.2, 0.25) is 5.91 Å². The van der Waals surface area contributed by atoms with E-state index in [1.165, 1.54) is 10.2 Å². The monoisotopic (exact) mass is 549 g/mol. The lowest BCUT2D eigenvalue weighted by Crippen LogP contribution is -2.52. The van der Waals surface area contributed by atoms with Crippen molar-refractivity contribution < 1.29 is 18.0 Å². The van der Waals surface area contributed by atoms with E-state index >= 15 is 0 Å². The summed E-state index contributed by atoms with van der Waals surface area (Å²) in [4.78, 5) is 22.3. The Morgan fingerprint density at radius 3 is 2.35 bits per heavy atom. The number of aliphatic imine (C=N–C) groups is 1. The topological polar surface area (TPSA) is 53.7 Å². The van der Waals surface area contributed by atoms with Crippen molar-refractivity contribution in [3.63, 3.8) is 0 Å². The van der Waals surface area contributed by atoms with Crippen molar-refractivity contribution in [2.75, 3.05) is 26.2 Å². The van der Waals surface area contributed by atoms with Crippen molar-refractivity contribution in [2.24, 2.45) is 10.9 Å². The fourth-order valence-electron chi connectivity index (χ4n) is 4.94. The van der Waals surface area contributed by atoms with Crippen LogP contribution in [-0.4, -0.2) is 57.4 Å². The number of alkyl halides is 3. The average molecular weight is 550 g/mol. The van der Waals surface area contributed by atoms with Crippen LogP contribution in [-0.2, 0) is 17.5 Å². The van der Waals surface area contributed by atoms with Gasteiger partial charge in [-0.2, -0.15) is 18.3 Å². The number of aromatic nitrogens is 2. The third-order valence-corrected chi connectivity index (χ3v) is 7.55. The lowest BCUT2D eigenvalue weighted by Gasteiger charge is -2.39. The molecular formula is C26H24Cl2F3N5O. The van der Waals surface area contributed by atoms with Gasteiger partial charge in [0.25, 0.3) is 0 Å². The van der Waals surface area contributed by atoms with Gasteiger partial charge in [0, 0.05) is 44.5 Å². The Kier molecular flexibility index (Phi) is 7.04. The van der Waals surface area contributed by atoms with Crippen LogP contribution >= 0.6 is 23.2 Å².